The summed E-state index contributed by atoms with van der Waals surface area (Å²) in [7, 11) is 0. The molecule has 0 aromatic carbocycles. The molecule has 0 amide bonds. The van der Waals surface area contributed by atoms with Crippen molar-refractivity contribution in [1.29, 1.82) is 0 Å². The molecule has 66 valence electrons. The Morgan fingerprint density at radius 1 is 1.82 bits per heavy atom. The number of hydrogen-bond donors (Lipinski definition) is 2. The van der Waals surface area contributed by atoms with E-state index in [9.17, 15) is 4.79 Å². The fourth-order valence-corrected chi connectivity index (χ4v) is 0.895. The molecule has 3 nitrogen and oxygen atoms in total. The molecule has 0 aromatic rings. The average Bonchev–Trinajstić information content (AvgIpc) is 2.38. The number of carboxylic acids is 1. The number of alkyl halides is 1. The molecule has 0 aliphatic carbocycles. The molecule has 0 radical (unpaired) electrons. The van der Waals surface area contributed by atoms with Crippen LogP contribution in [0.3, 0.4) is 0 Å². The van der Waals surface area contributed by atoms with E-state index < -0.39 is 5.97 Å². The van der Waals surface area contributed by atoms with E-state index in [2.05, 4.69) is 5.32 Å². The van der Waals surface area contributed by atoms with Crippen LogP contribution < -0.4 is 5.32 Å². The number of nitrogens with one attached hydrogen (secondary N) is 1. The fraction of sp³-hybridized carbons (Fsp3) is 0.857. The lowest BCUT2D eigenvalue weighted by atomic mass is 10.2. The van der Waals surface area contributed by atoms with Gasteiger partial charge in [0.15, 0.2) is 0 Å². The summed E-state index contributed by atoms with van der Waals surface area (Å²) in [5, 5.41) is 11.2. The first-order valence-electron chi connectivity index (χ1n) is 3.74. The van der Waals surface area contributed by atoms with E-state index in [1.54, 1.807) is 0 Å². The molecule has 0 saturated carbocycles. The number of carboxylic acid groups (broad SMARTS) is 1. The first kappa shape index (κ1) is 10.7. The van der Waals surface area contributed by atoms with Crippen LogP contribution in [0.4, 0.5) is 0 Å². The summed E-state index contributed by atoms with van der Waals surface area (Å²) in [6.45, 7) is 2.75. The van der Waals surface area contributed by atoms with Gasteiger partial charge < -0.3 is 10.4 Å². The third kappa shape index (κ3) is 5.04. The van der Waals surface area contributed by atoms with Crippen molar-refractivity contribution in [1.82, 2.24) is 5.32 Å². The Morgan fingerprint density at radius 2 is 2.36 bits per heavy atom. The van der Waals surface area contributed by atoms with Crippen LogP contribution in [0.5, 0.6) is 0 Å². The third-order valence-electron chi connectivity index (χ3n) is 1.36. The Morgan fingerprint density at radius 3 is 2.55 bits per heavy atom. The summed E-state index contributed by atoms with van der Waals surface area (Å²) in [5.74, 6) is 0.00231. The molecule has 4 heteroatoms. The quantitative estimate of drug-likeness (QED) is 0.592. The number of halogens is 1. The topological polar surface area (TPSA) is 49.3 Å². The van der Waals surface area contributed by atoms with Crippen molar-refractivity contribution in [3.63, 3.8) is 0 Å². The van der Waals surface area contributed by atoms with E-state index in [0.29, 0.717) is 0 Å². The summed E-state index contributed by atoms with van der Waals surface area (Å²) < 4.78 is 0. The van der Waals surface area contributed by atoms with Gasteiger partial charge in [-0.3, -0.25) is 4.79 Å². The van der Waals surface area contributed by atoms with Crippen molar-refractivity contribution in [3.05, 3.63) is 0 Å². The van der Waals surface area contributed by atoms with Crippen LogP contribution in [0.1, 0.15) is 19.8 Å². The van der Waals surface area contributed by atoms with Crippen LogP contribution in [-0.4, -0.2) is 29.5 Å². The second-order valence-electron chi connectivity index (χ2n) is 2.25. The maximum absolute atomic E-state index is 10.1. The highest BCUT2D eigenvalue weighted by molar-refractivity contribution is 6.17. The minimum Gasteiger partial charge on any atom is -0.480 e. The van der Waals surface area contributed by atoms with Gasteiger partial charge in [-0.25, -0.2) is 0 Å². The second kappa shape index (κ2) is 6.43. The summed E-state index contributed by atoms with van der Waals surface area (Å²) in [5.41, 5.74) is 0. The molecule has 1 fully saturated rings. The largest absolute Gasteiger partial charge is 0.480 e. The van der Waals surface area contributed by atoms with Gasteiger partial charge in [0, 0.05) is 5.88 Å². The molecule has 0 aromatic heterocycles. The molecule has 0 bridgehead atoms. The molecule has 1 atom stereocenters. The molecule has 0 spiro atoms. The van der Waals surface area contributed by atoms with Gasteiger partial charge in [-0.05, 0) is 19.4 Å². The van der Waals surface area contributed by atoms with Gasteiger partial charge in [-0.1, -0.05) is 6.92 Å². The van der Waals surface area contributed by atoms with E-state index in [1.807, 2.05) is 6.92 Å². The van der Waals surface area contributed by atoms with Gasteiger partial charge in [-0.2, -0.15) is 0 Å². The standard InChI is InChI=1S/C5H9NO2.C2H5Cl/c7-5(8)4-2-1-3-6-4;1-2-3/h4,6H,1-3H2,(H,7,8);2H2,1H3/t4-;/m0./s1. The van der Waals surface area contributed by atoms with Crippen LogP contribution >= 0.6 is 11.6 Å². The average molecular weight is 180 g/mol. The normalized spacial score (nSPS) is 22.2. The Hall–Kier alpha value is -0.280. The highest BCUT2D eigenvalue weighted by Crippen LogP contribution is 2.03. The van der Waals surface area contributed by atoms with Crippen LogP contribution in [0.25, 0.3) is 0 Å². The molecular weight excluding hydrogens is 166 g/mol. The molecule has 0 unspecified atom stereocenters. The highest BCUT2D eigenvalue weighted by atomic mass is 35.5. The number of hydrogen-bond acceptors (Lipinski definition) is 2. The number of rotatable bonds is 1. The van der Waals surface area contributed by atoms with Crippen molar-refractivity contribution >= 4 is 17.6 Å². The summed E-state index contributed by atoms with van der Waals surface area (Å²) in [6.07, 6.45) is 1.78. The zero-order valence-corrected chi connectivity index (χ0v) is 7.40. The first-order chi connectivity index (χ1) is 5.22. The minimum atomic E-state index is -0.720. The monoisotopic (exact) mass is 179 g/mol. The Labute approximate surface area is 71.7 Å². The van der Waals surface area contributed by atoms with E-state index >= 15 is 0 Å². The van der Waals surface area contributed by atoms with Crippen LogP contribution in [0.2, 0.25) is 0 Å². The van der Waals surface area contributed by atoms with Gasteiger partial charge >= 0.3 is 5.97 Å². The van der Waals surface area contributed by atoms with Gasteiger partial charge in [0.05, 0.1) is 0 Å². The maximum Gasteiger partial charge on any atom is 0.320 e. The van der Waals surface area contributed by atoms with Crippen molar-refractivity contribution in [2.24, 2.45) is 0 Å². The molecule has 1 heterocycles. The number of aliphatic carboxylic acids is 1. The number of carbonyl (C=O) groups is 1. The molecule has 1 saturated heterocycles. The summed E-state index contributed by atoms with van der Waals surface area (Å²) in [4.78, 5) is 10.1. The van der Waals surface area contributed by atoms with Crippen molar-refractivity contribution in [2.45, 2.75) is 25.8 Å². The molecule has 11 heavy (non-hydrogen) atoms. The van der Waals surface area contributed by atoms with E-state index in [0.717, 1.165) is 25.3 Å². The van der Waals surface area contributed by atoms with E-state index in [-0.39, 0.29) is 6.04 Å². The van der Waals surface area contributed by atoms with Crippen LogP contribution in [0, 0.1) is 0 Å². The van der Waals surface area contributed by atoms with Gasteiger partial charge in [-0.15, -0.1) is 11.6 Å². The van der Waals surface area contributed by atoms with Crippen LogP contribution in [-0.2, 0) is 4.79 Å². The lowest BCUT2D eigenvalue weighted by Gasteiger charge is -1.99. The van der Waals surface area contributed by atoms with E-state index in [1.165, 1.54) is 0 Å². The lowest BCUT2D eigenvalue weighted by Crippen LogP contribution is -2.29. The van der Waals surface area contributed by atoms with Crippen molar-refractivity contribution < 1.29 is 9.90 Å². The maximum atomic E-state index is 10.1. The minimum absolute atomic E-state index is 0.269. The smallest absolute Gasteiger partial charge is 0.320 e. The zero-order valence-electron chi connectivity index (χ0n) is 6.64. The molecule has 2 N–H and O–H groups in total. The zero-order chi connectivity index (χ0) is 8.69. The molecule has 1 rings (SSSR count). The van der Waals surface area contributed by atoms with Gasteiger partial charge in [0.25, 0.3) is 0 Å². The third-order valence-corrected chi connectivity index (χ3v) is 1.36. The predicted octanol–water partition coefficient (Wildman–Crippen LogP) is 1.07. The Balaban J connectivity index is 0.000000292. The Kier molecular flexibility index (Phi) is 6.27. The lowest BCUT2D eigenvalue weighted by molar-refractivity contribution is -0.139. The fourth-order valence-electron chi connectivity index (χ4n) is 0.895. The van der Waals surface area contributed by atoms with Gasteiger partial charge in [0.1, 0.15) is 6.04 Å². The predicted molar refractivity (Wildman–Crippen MR) is 45.1 cm³/mol. The first-order valence-corrected chi connectivity index (χ1v) is 4.28. The summed E-state index contributed by atoms with van der Waals surface area (Å²) >= 11 is 5.00. The summed E-state index contributed by atoms with van der Waals surface area (Å²) in [6, 6.07) is -0.269. The van der Waals surface area contributed by atoms with E-state index in [4.69, 9.17) is 16.7 Å². The highest BCUT2D eigenvalue weighted by Gasteiger charge is 2.20. The SMILES string of the molecule is CCCl.O=C(O)[C@@H]1CCCN1. The molecular formula is C7H14ClNO2. The van der Waals surface area contributed by atoms with Crippen molar-refractivity contribution in [3.8, 4) is 0 Å². The van der Waals surface area contributed by atoms with Crippen LogP contribution in [0.15, 0.2) is 0 Å². The molecule has 1 aliphatic heterocycles. The second-order valence-corrected chi connectivity index (χ2v) is 2.79. The molecule has 1 aliphatic rings. The van der Waals surface area contributed by atoms with Gasteiger partial charge in [0.2, 0.25) is 0 Å². The van der Waals surface area contributed by atoms with Crippen molar-refractivity contribution in [2.75, 3.05) is 12.4 Å². The Bertz CT molecular complexity index is 113.